The molecule has 0 aromatic heterocycles. The zero-order valence-electron chi connectivity index (χ0n) is 6.82. The fraction of sp³-hybridized carbons (Fsp3) is 0.200. The van der Waals surface area contributed by atoms with Gasteiger partial charge in [-0.25, -0.2) is 0 Å². The first-order chi connectivity index (χ1) is 5.77. The predicted octanol–water partition coefficient (Wildman–Crippen LogP) is 2.02. The maximum atomic E-state index is 9.58. The van der Waals surface area contributed by atoms with Gasteiger partial charge >= 0.3 is 0 Å². The molecule has 1 aliphatic heterocycles. The third-order valence-corrected chi connectivity index (χ3v) is 1.90. The smallest absolute Gasteiger partial charge is 0.133 e. The first kappa shape index (κ1) is 7.37. The van der Waals surface area contributed by atoms with Crippen LogP contribution in [0, 0.1) is 0 Å². The SMILES string of the molecule is CC1=CC(O)c2ccccc2O1. The van der Waals surface area contributed by atoms with Gasteiger partial charge in [-0.1, -0.05) is 18.2 Å². The topological polar surface area (TPSA) is 29.5 Å². The summed E-state index contributed by atoms with van der Waals surface area (Å²) in [6.45, 7) is 1.83. The molecule has 0 saturated heterocycles. The van der Waals surface area contributed by atoms with Gasteiger partial charge in [-0.05, 0) is 19.1 Å². The minimum absolute atomic E-state index is 0.519. The molecule has 0 radical (unpaired) electrons. The van der Waals surface area contributed by atoms with Gasteiger partial charge < -0.3 is 9.84 Å². The summed E-state index contributed by atoms with van der Waals surface area (Å²) in [6, 6.07) is 7.50. The molecule has 2 rings (SSSR count). The van der Waals surface area contributed by atoms with Crippen molar-refractivity contribution in [3.63, 3.8) is 0 Å². The van der Waals surface area contributed by atoms with Crippen molar-refractivity contribution in [1.29, 1.82) is 0 Å². The van der Waals surface area contributed by atoms with Crippen LogP contribution in [0.25, 0.3) is 0 Å². The second-order valence-corrected chi connectivity index (χ2v) is 2.86. The van der Waals surface area contributed by atoms with Crippen molar-refractivity contribution in [1.82, 2.24) is 0 Å². The van der Waals surface area contributed by atoms with E-state index < -0.39 is 6.10 Å². The Morgan fingerprint density at radius 1 is 1.33 bits per heavy atom. The summed E-state index contributed by atoms with van der Waals surface area (Å²) in [5, 5.41) is 9.58. The number of aliphatic hydroxyl groups is 1. The van der Waals surface area contributed by atoms with Crippen LogP contribution in [-0.2, 0) is 0 Å². The van der Waals surface area contributed by atoms with E-state index in [1.54, 1.807) is 6.08 Å². The molecule has 0 saturated carbocycles. The van der Waals surface area contributed by atoms with Crippen LogP contribution < -0.4 is 4.74 Å². The number of para-hydroxylation sites is 1. The first-order valence-electron chi connectivity index (χ1n) is 3.90. The van der Waals surface area contributed by atoms with E-state index in [0.717, 1.165) is 17.1 Å². The van der Waals surface area contributed by atoms with Crippen molar-refractivity contribution < 1.29 is 9.84 Å². The van der Waals surface area contributed by atoms with Crippen LogP contribution in [0.4, 0.5) is 0 Å². The largest absolute Gasteiger partial charge is 0.462 e. The van der Waals surface area contributed by atoms with Crippen LogP contribution in [0.3, 0.4) is 0 Å². The zero-order valence-corrected chi connectivity index (χ0v) is 6.82. The minimum atomic E-state index is -0.519. The molecule has 1 unspecified atom stereocenters. The van der Waals surface area contributed by atoms with Crippen molar-refractivity contribution in [2.45, 2.75) is 13.0 Å². The second-order valence-electron chi connectivity index (χ2n) is 2.86. The Labute approximate surface area is 71.1 Å². The lowest BCUT2D eigenvalue weighted by Gasteiger charge is -2.19. The lowest BCUT2D eigenvalue weighted by Crippen LogP contribution is -2.06. The van der Waals surface area contributed by atoms with Gasteiger partial charge in [0.2, 0.25) is 0 Å². The Bertz CT molecular complexity index is 328. The molecule has 1 aromatic rings. The Kier molecular flexibility index (Phi) is 1.62. The second kappa shape index (κ2) is 2.64. The van der Waals surface area contributed by atoms with Crippen LogP contribution in [0.5, 0.6) is 5.75 Å². The number of hydrogen-bond donors (Lipinski definition) is 1. The summed E-state index contributed by atoms with van der Waals surface area (Å²) in [7, 11) is 0. The van der Waals surface area contributed by atoms with E-state index in [-0.39, 0.29) is 0 Å². The molecular weight excluding hydrogens is 152 g/mol. The number of ether oxygens (including phenoxy) is 1. The van der Waals surface area contributed by atoms with Gasteiger partial charge in [0, 0.05) is 5.56 Å². The van der Waals surface area contributed by atoms with Crippen molar-refractivity contribution in [2.75, 3.05) is 0 Å². The van der Waals surface area contributed by atoms with E-state index in [0.29, 0.717) is 0 Å². The monoisotopic (exact) mass is 162 g/mol. The average molecular weight is 162 g/mol. The first-order valence-corrected chi connectivity index (χ1v) is 3.90. The molecule has 2 heteroatoms. The van der Waals surface area contributed by atoms with E-state index in [9.17, 15) is 5.11 Å². The predicted molar refractivity (Wildman–Crippen MR) is 45.8 cm³/mol. The highest BCUT2D eigenvalue weighted by Gasteiger charge is 2.16. The molecule has 0 fully saturated rings. The normalized spacial score (nSPS) is 20.8. The van der Waals surface area contributed by atoms with Gasteiger partial charge in [0.05, 0.1) is 5.76 Å². The van der Waals surface area contributed by atoms with Crippen molar-refractivity contribution >= 4 is 0 Å². The quantitative estimate of drug-likeness (QED) is 0.632. The van der Waals surface area contributed by atoms with Crippen LogP contribution >= 0.6 is 0 Å². The molecule has 1 heterocycles. The molecule has 62 valence electrons. The van der Waals surface area contributed by atoms with Crippen LogP contribution in [-0.4, -0.2) is 5.11 Å². The van der Waals surface area contributed by atoms with Gasteiger partial charge in [-0.15, -0.1) is 0 Å². The summed E-state index contributed by atoms with van der Waals surface area (Å²) in [4.78, 5) is 0. The maximum absolute atomic E-state index is 9.58. The molecule has 0 aliphatic carbocycles. The third-order valence-electron chi connectivity index (χ3n) is 1.90. The Hall–Kier alpha value is -1.28. The van der Waals surface area contributed by atoms with E-state index in [2.05, 4.69) is 0 Å². The van der Waals surface area contributed by atoms with Crippen molar-refractivity contribution in [2.24, 2.45) is 0 Å². The third kappa shape index (κ3) is 1.10. The standard InChI is InChI=1S/C10H10O2/c1-7-6-9(11)8-4-2-3-5-10(8)12-7/h2-6,9,11H,1H3. The molecule has 1 N–H and O–H groups in total. The lowest BCUT2D eigenvalue weighted by atomic mass is 10.1. The molecule has 1 atom stereocenters. The molecular formula is C10H10O2. The Morgan fingerprint density at radius 3 is 2.92 bits per heavy atom. The molecule has 1 aromatic carbocycles. The minimum Gasteiger partial charge on any atom is -0.462 e. The number of aliphatic hydroxyl groups excluding tert-OH is 1. The highest BCUT2D eigenvalue weighted by atomic mass is 16.5. The van der Waals surface area contributed by atoms with Gasteiger partial charge in [-0.3, -0.25) is 0 Å². The molecule has 0 spiro atoms. The van der Waals surface area contributed by atoms with Crippen LogP contribution in [0.15, 0.2) is 36.1 Å². The summed E-state index contributed by atoms with van der Waals surface area (Å²) in [6.07, 6.45) is 1.18. The van der Waals surface area contributed by atoms with E-state index in [1.807, 2.05) is 31.2 Å². The fourth-order valence-electron chi connectivity index (χ4n) is 1.34. The fourth-order valence-corrected chi connectivity index (χ4v) is 1.34. The van der Waals surface area contributed by atoms with E-state index in [4.69, 9.17) is 4.74 Å². The number of rotatable bonds is 0. The van der Waals surface area contributed by atoms with Gasteiger partial charge in [0.15, 0.2) is 0 Å². The summed E-state index contributed by atoms with van der Waals surface area (Å²) in [5.41, 5.74) is 0.836. The number of hydrogen-bond acceptors (Lipinski definition) is 2. The molecule has 0 amide bonds. The summed E-state index contributed by atoms with van der Waals surface area (Å²) < 4.78 is 5.40. The number of fused-ring (bicyclic) bond motifs is 1. The van der Waals surface area contributed by atoms with Gasteiger partial charge in [-0.2, -0.15) is 0 Å². The van der Waals surface area contributed by atoms with E-state index in [1.165, 1.54) is 0 Å². The highest BCUT2D eigenvalue weighted by molar-refractivity contribution is 5.40. The molecule has 1 aliphatic rings. The number of benzene rings is 1. The highest BCUT2D eigenvalue weighted by Crippen LogP contribution is 2.31. The number of allylic oxidation sites excluding steroid dienone is 1. The van der Waals surface area contributed by atoms with Gasteiger partial charge in [0.1, 0.15) is 11.9 Å². The Balaban J connectivity index is 2.48. The molecule has 2 nitrogen and oxygen atoms in total. The average Bonchev–Trinajstić information content (AvgIpc) is 2.04. The summed E-state index contributed by atoms with van der Waals surface area (Å²) in [5.74, 6) is 1.51. The molecule has 12 heavy (non-hydrogen) atoms. The van der Waals surface area contributed by atoms with Gasteiger partial charge in [0.25, 0.3) is 0 Å². The summed E-state index contributed by atoms with van der Waals surface area (Å²) >= 11 is 0. The lowest BCUT2D eigenvalue weighted by molar-refractivity contribution is 0.207. The van der Waals surface area contributed by atoms with E-state index >= 15 is 0 Å². The maximum Gasteiger partial charge on any atom is 0.133 e. The van der Waals surface area contributed by atoms with Crippen LogP contribution in [0.1, 0.15) is 18.6 Å². The Morgan fingerprint density at radius 2 is 2.08 bits per heavy atom. The van der Waals surface area contributed by atoms with Crippen molar-refractivity contribution in [3.05, 3.63) is 41.7 Å². The van der Waals surface area contributed by atoms with Crippen molar-refractivity contribution in [3.8, 4) is 5.75 Å². The molecule has 0 bridgehead atoms. The zero-order chi connectivity index (χ0) is 8.55. The van der Waals surface area contributed by atoms with Crippen LogP contribution in [0.2, 0.25) is 0 Å².